The largest absolute Gasteiger partial charge is 0.382 e. The van der Waals surface area contributed by atoms with Gasteiger partial charge in [0.25, 0.3) is 5.69 Å². The number of rotatable bonds is 7. The van der Waals surface area contributed by atoms with Crippen LogP contribution in [0.15, 0.2) is 23.1 Å². The summed E-state index contributed by atoms with van der Waals surface area (Å²) in [4.78, 5) is 12.3. The molecule has 0 saturated carbocycles. The molecular weight excluding hydrogens is 318 g/mol. The minimum absolute atomic E-state index is 0.0357. The Morgan fingerprint density at radius 1 is 1.35 bits per heavy atom. The summed E-state index contributed by atoms with van der Waals surface area (Å²) >= 11 is 0. The predicted molar refractivity (Wildman–Crippen MR) is 91.6 cm³/mol. The van der Waals surface area contributed by atoms with Gasteiger partial charge < -0.3 is 10.2 Å². The molecule has 1 aromatic carbocycles. The van der Waals surface area contributed by atoms with E-state index < -0.39 is 20.4 Å². The van der Waals surface area contributed by atoms with E-state index in [9.17, 15) is 18.5 Å². The highest BCUT2D eigenvalue weighted by Crippen LogP contribution is 2.30. The Labute approximate surface area is 137 Å². The number of sulfone groups is 1. The van der Waals surface area contributed by atoms with Crippen molar-refractivity contribution in [3.05, 3.63) is 28.3 Å². The summed E-state index contributed by atoms with van der Waals surface area (Å²) in [7, 11) is 0.329. The van der Waals surface area contributed by atoms with Crippen LogP contribution in [0.3, 0.4) is 0 Å². The number of nitrogens with zero attached hydrogens (tertiary/aromatic N) is 2. The van der Waals surface area contributed by atoms with Crippen molar-refractivity contribution in [2.45, 2.75) is 31.7 Å². The Morgan fingerprint density at radius 2 is 1.91 bits per heavy atom. The fourth-order valence-corrected chi connectivity index (χ4v) is 3.29. The second kappa shape index (κ2) is 6.84. The predicted octanol–water partition coefficient (Wildman–Crippen LogP) is 2.39. The lowest BCUT2D eigenvalue weighted by atomic mass is 9.85. The molecule has 0 bridgehead atoms. The molecule has 1 N–H and O–H groups in total. The molecule has 0 aliphatic carbocycles. The maximum Gasteiger partial charge on any atom is 0.290 e. The fraction of sp³-hybridized carbons (Fsp3) is 0.600. The quantitative estimate of drug-likeness (QED) is 0.603. The lowest BCUT2D eigenvalue weighted by Gasteiger charge is -2.35. The molecule has 0 amide bonds. The molecule has 1 atom stereocenters. The lowest BCUT2D eigenvalue weighted by Crippen LogP contribution is -2.41. The van der Waals surface area contributed by atoms with Gasteiger partial charge in [-0.15, -0.1) is 0 Å². The van der Waals surface area contributed by atoms with Crippen molar-refractivity contribution in [2.24, 2.45) is 5.41 Å². The van der Waals surface area contributed by atoms with Gasteiger partial charge in [0.15, 0.2) is 9.84 Å². The highest BCUT2D eigenvalue weighted by atomic mass is 32.2. The summed E-state index contributed by atoms with van der Waals surface area (Å²) < 4.78 is 23.3. The number of benzene rings is 1. The minimum atomic E-state index is -3.64. The van der Waals surface area contributed by atoms with Crippen molar-refractivity contribution >= 4 is 21.2 Å². The molecule has 23 heavy (non-hydrogen) atoms. The Hall–Kier alpha value is -1.67. The molecular formula is C15H25N3O4S. The first-order chi connectivity index (χ1) is 10.3. The van der Waals surface area contributed by atoms with Crippen molar-refractivity contribution in [1.82, 2.24) is 4.90 Å². The standard InChI is InChI=1S/C15H25N3O4S/c1-11(15(2,3)10-17(4)5)16-12-7-8-14(23(6,21)22)13(9-12)18(19)20/h7-9,11,16H,10H2,1-6H3/t11-/m1/s1. The molecule has 1 aromatic rings. The first-order valence-electron chi connectivity index (χ1n) is 7.24. The zero-order valence-electron chi connectivity index (χ0n) is 14.5. The molecule has 7 nitrogen and oxygen atoms in total. The normalized spacial score (nSPS) is 13.9. The Morgan fingerprint density at radius 3 is 2.35 bits per heavy atom. The van der Waals surface area contributed by atoms with Crippen molar-refractivity contribution in [3.63, 3.8) is 0 Å². The van der Waals surface area contributed by atoms with Gasteiger partial charge >= 0.3 is 0 Å². The van der Waals surface area contributed by atoms with E-state index in [1.54, 1.807) is 6.07 Å². The molecule has 0 heterocycles. The Kier molecular flexibility index (Phi) is 5.76. The Balaban J connectivity index is 3.12. The van der Waals surface area contributed by atoms with Gasteiger partial charge in [0.05, 0.1) is 4.92 Å². The Bertz CT molecular complexity index is 684. The van der Waals surface area contributed by atoms with Crippen LogP contribution in [-0.4, -0.2) is 51.2 Å². The molecule has 0 aromatic heterocycles. The number of nitrogens with one attached hydrogen (secondary N) is 1. The minimum Gasteiger partial charge on any atom is -0.382 e. The third-order valence-electron chi connectivity index (χ3n) is 3.83. The van der Waals surface area contributed by atoms with Crippen LogP contribution < -0.4 is 5.32 Å². The lowest BCUT2D eigenvalue weighted by molar-refractivity contribution is -0.387. The molecule has 0 fully saturated rings. The highest BCUT2D eigenvalue weighted by molar-refractivity contribution is 7.90. The zero-order chi connectivity index (χ0) is 18.0. The highest BCUT2D eigenvalue weighted by Gasteiger charge is 2.28. The van der Waals surface area contributed by atoms with Crippen molar-refractivity contribution in [3.8, 4) is 0 Å². The van der Waals surface area contributed by atoms with Gasteiger partial charge in [-0.1, -0.05) is 13.8 Å². The van der Waals surface area contributed by atoms with Crippen molar-refractivity contribution in [1.29, 1.82) is 0 Å². The van der Waals surface area contributed by atoms with E-state index in [1.165, 1.54) is 12.1 Å². The van der Waals surface area contributed by atoms with E-state index in [4.69, 9.17) is 0 Å². The van der Waals surface area contributed by atoms with Crippen molar-refractivity contribution < 1.29 is 13.3 Å². The van der Waals surface area contributed by atoms with Crippen LogP contribution in [0.2, 0.25) is 0 Å². The number of nitro benzene ring substituents is 1. The SMILES string of the molecule is C[C@@H](Nc1ccc(S(C)(=O)=O)c([N+](=O)[O-])c1)C(C)(C)CN(C)C. The third-order valence-corrected chi connectivity index (χ3v) is 4.98. The first kappa shape index (κ1) is 19.4. The van der Waals surface area contributed by atoms with Gasteiger partial charge in [0.1, 0.15) is 4.90 Å². The van der Waals surface area contributed by atoms with Gasteiger partial charge in [0.2, 0.25) is 0 Å². The maximum atomic E-state index is 11.6. The molecule has 8 heteroatoms. The average molecular weight is 343 g/mol. The topological polar surface area (TPSA) is 92.5 Å². The van der Waals surface area contributed by atoms with Crippen LogP contribution in [0.5, 0.6) is 0 Å². The molecule has 1 rings (SSSR count). The smallest absolute Gasteiger partial charge is 0.290 e. The van der Waals surface area contributed by atoms with Gasteiger partial charge in [-0.3, -0.25) is 10.1 Å². The second-order valence-corrected chi connectivity index (χ2v) is 8.79. The van der Waals surface area contributed by atoms with Gasteiger partial charge in [-0.05, 0) is 38.6 Å². The fourth-order valence-electron chi connectivity index (χ4n) is 2.46. The summed E-state index contributed by atoms with van der Waals surface area (Å²) in [6, 6.07) is 4.15. The molecule has 0 saturated heterocycles. The van der Waals surface area contributed by atoms with Crippen LogP contribution in [-0.2, 0) is 9.84 Å². The van der Waals surface area contributed by atoms with Gasteiger partial charge in [-0.2, -0.15) is 0 Å². The summed E-state index contributed by atoms with van der Waals surface area (Å²) in [6.45, 7) is 7.04. The molecule has 0 aliphatic rings. The van der Waals surface area contributed by atoms with Crippen LogP contribution >= 0.6 is 0 Å². The van der Waals surface area contributed by atoms with Crippen LogP contribution in [0.25, 0.3) is 0 Å². The molecule has 0 spiro atoms. The molecule has 0 unspecified atom stereocenters. The van der Waals surface area contributed by atoms with E-state index >= 15 is 0 Å². The number of hydrogen-bond donors (Lipinski definition) is 1. The average Bonchev–Trinajstić information content (AvgIpc) is 2.35. The maximum absolute atomic E-state index is 11.6. The van der Waals surface area contributed by atoms with Crippen LogP contribution in [0, 0.1) is 15.5 Å². The second-order valence-electron chi connectivity index (χ2n) is 6.80. The number of nitro groups is 1. The third kappa shape index (κ3) is 5.18. The molecule has 0 radical (unpaired) electrons. The number of anilines is 1. The van der Waals surface area contributed by atoms with Gasteiger partial charge in [-0.25, -0.2) is 8.42 Å². The van der Waals surface area contributed by atoms with Crippen LogP contribution in [0.1, 0.15) is 20.8 Å². The van der Waals surface area contributed by atoms with Crippen LogP contribution in [0.4, 0.5) is 11.4 Å². The molecule has 130 valence electrons. The monoisotopic (exact) mass is 343 g/mol. The number of hydrogen-bond acceptors (Lipinski definition) is 6. The summed E-state index contributed by atoms with van der Waals surface area (Å²) in [6.07, 6.45) is 0.964. The van der Waals surface area contributed by atoms with Crippen molar-refractivity contribution in [2.75, 3.05) is 32.2 Å². The molecule has 0 aliphatic heterocycles. The van der Waals surface area contributed by atoms with E-state index in [1.807, 2.05) is 21.0 Å². The van der Waals surface area contributed by atoms with E-state index in [0.29, 0.717) is 5.69 Å². The first-order valence-corrected chi connectivity index (χ1v) is 9.13. The van der Waals surface area contributed by atoms with E-state index in [0.717, 1.165) is 12.8 Å². The van der Waals surface area contributed by atoms with E-state index in [2.05, 4.69) is 24.1 Å². The van der Waals surface area contributed by atoms with Gasteiger partial charge in [0, 0.05) is 30.6 Å². The summed E-state index contributed by atoms with van der Waals surface area (Å²) in [5.41, 5.74) is 0.0480. The zero-order valence-corrected chi connectivity index (χ0v) is 15.3. The van der Waals surface area contributed by atoms with E-state index in [-0.39, 0.29) is 16.4 Å². The summed E-state index contributed by atoms with van der Waals surface area (Å²) in [5, 5.41) is 14.4. The summed E-state index contributed by atoms with van der Waals surface area (Å²) in [5.74, 6) is 0.